The normalized spacial score (nSPS) is 14.8. The van der Waals surface area contributed by atoms with Crippen molar-refractivity contribution in [2.75, 3.05) is 31.2 Å². The number of hydrogen-bond donors (Lipinski definition) is 1. The summed E-state index contributed by atoms with van der Waals surface area (Å²) < 4.78 is 45.2. The largest absolute Gasteiger partial charge is 0.433 e. The predicted molar refractivity (Wildman–Crippen MR) is 109 cm³/mol. The molecule has 3 rings (SSSR count). The molecular weight excluding hydrogens is 417 g/mol. The Morgan fingerprint density at radius 3 is 2.47 bits per heavy atom. The molecule has 0 bridgehead atoms. The Bertz CT molecular complexity index is 869. The van der Waals surface area contributed by atoms with Crippen molar-refractivity contribution in [3.8, 4) is 0 Å². The maximum absolute atomic E-state index is 13.3. The van der Waals surface area contributed by atoms with Crippen molar-refractivity contribution in [2.24, 2.45) is 0 Å². The first kappa shape index (κ1) is 22.4. The van der Waals surface area contributed by atoms with Crippen molar-refractivity contribution >= 4 is 23.5 Å². The highest BCUT2D eigenvalue weighted by Gasteiger charge is 2.34. The van der Waals surface area contributed by atoms with Gasteiger partial charge in [-0.1, -0.05) is 23.9 Å². The molecule has 1 aromatic carbocycles. The average Bonchev–Trinajstić information content (AvgIpc) is 2.72. The lowest BCUT2D eigenvalue weighted by Crippen LogP contribution is -2.37. The maximum atomic E-state index is 13.3. The summed E-state index contributed by atoms with van der Waals surface area (Å²) in [6, 6.07) is 7.96. The molecular formula is C20H23F3N4O2S. The highest BCUT2D eigenvalue weighted by Crippen LogP contribution is 2.32. The van der Waals surface area contributed by atoms with Gasteiger partial charge in [-0.25, -0.2) is 9.97 Å². The van der Waals surface area contributed by atoms with Crippen LogP contribution in [-0.2, 0) is 16.7 Å². The minimum Gasteiger partial charge on any atom is -0.378 e. The summed E-state index contributed by atoms with van der Waals surface area (Å²) in [5.74, 6) is 0.472. The molecule has 0 spiro atoms. The summed E-state index contributed by atoms with van der Waals surface area (Å²) in [6.07, 6.45) is -4.55. The third-order valence-corrected chi connectivity index (χ3v) is 5.24. The first-order chi connectivity index (χ1) is 14.2. The van der Waals surface area contributed by atoms with E-state index in [9.17, 15) is 18.0 Å². The molecule has 1 fully saturated rings. The SMILES string of the molecule is CC(C)NC(=O)c1ccc(CSc2nc(N3CCOCC3)cc(C(F)(F)F)n2)cc1. The van der Waals surface area contributed by atoms with Gasteiger partial charge in [0.2, 0.25) is 0 Å². The molecule has 10 heteroatoms. The Morgan fingerprint density at radius 1 is 1.20 bits per heavy atom. The predicted octanol–water partition coefficient (Wildman–Crippen LogP) is 3.76. The van der Waals surface area contributed by atoms with Gasteiger partial charge >= 0.3 is 6.18 Å². The van der Waals surface area contributed by atoms with E-state index in [2.05, 4.69) is 15.3 Å². The summed E-state index contributed by atoms with van der Waals surface area (Å²) in [5, 5.41) is 2.87. The van der Waals surface area contributed by atoms with Gasteiger partial charge in [0, 0.05) is 36.5 Å². The topological polar surface area (TPSA) is 67.4 Å². The molecule has 6 nitrogen and oxygen atoms in total. The van der Waals surface area contributed by atoms with Crippen molar-refractivity contribution in [1.29, 1.82) is 0 Å². The minimum atomic E-state index is -4.55. The molecule has 0 unspecified atom stereocenters. The number of hydrogen-bond acceptors (Lipinski definition) is 6. The fraction of sp³-hybridized carbons (Fsp3) is 0.450. The lowest BCUT2D eigenvalue weighted by molar-refractivity contribution is -0.141. The molecule has 1 aromatic heterocycles. The third-order valence-electron chi connectivity index (χ3n) is 4.32. The fourth-order valence-corrected chi connectivity index (χ4v) is 3.63. The second-order valence-corrected chi connectivity index (χ2v) is 8.05. The summed E-state index contributed by atoms with van der Waals surface area (Å²) in [5.41, 5.74) is 0.430. The second-order valence-electron chi connectivity index (χ2n) is 7.10. The number of carbonyl (C=O) groups is 1. The number of aromatic nitrogens is 2. The molecule has 1 N–H and O–H groups in total. The molecule has 1 saturated heterocycles. The van der Waals surface area contributed by atoms with Gasteiger partial charge in [-0.05, 0) is 31.5 Å². The zero-order valence-electron chi connectivity index (χ0n) is 16.7. The Balaban J connectivity index is 1.73. The van der Waals surface area contributed by atoms with Crippen LogP contribution < -0.4 is 10.2 Å². The Morgan fingerprint density at radius 2 is 1.87 bits per heavy atom. The third kappa shape index (κ3) is 6.09. The number of ether oxygens (including phenoxy) is 1. The van der Waals surface area contributed by atoms with E-state index in [1.54, 1.807) is 29.2 Å². The minimum absolute atomic E-state index is 0.0338. The van der Waals surface area contributed by atoms with Crippen LogP contribution in [0.5, 0.6) is 0 Å². The first-order valence-electron chi connectivity index (χ1n) is 9.54. The number of carbonyl (C=O) groups excluding carboxylic acids is 1. The van der Waals surface area contributed by atoms with E-state index < -0.39 is 11.9 Å². The summed E-state index contributed by atoms with van der Waals surface area (Å²) >= 11 is 1.13. The molecule has 30 heavy (non-hydrogen) atoms. The second kappa shape index (κ2) is 9.65. The Labute approximate surface area is 177 Å². The van der Waals surface area contributed by atoms with Gasteiger partial charge in [-0.3, -0.25) is 4.79 Å². The van der Waals surface area contributed by atoms with Crippen LogP contribution >= 0.6 is 11.8 Å². The Kier molecular flexibility index (Phi) is 7.19. The van der Waals surface area contributed by atoms with Crippen molar-refractivity contribution < 1.29 is 22.7 Å². The van der Waals surface area contributed by atoms with E-state index in [1.807, 2.05) is 13.8 Å². The standard InChI is InChI=1S/C20H23F3N4O2S/c1-13(2)24-18(28)15-5-3-14(4-6-15)12-30-19-25-16(20(21,22)23)11-17(26-19)27-7-9-29-10-8-27/h3-6,11,13H,7-10,12H2,1-2H3,(H,24,28). The van der Waals surface area contributed by atoms with E-state index in [4.69, 9.17) is 4.74 Å². The van der Waals surface area contributed by atoms with E-state index in [1.165, 1.54) is 0 Å². The average molecular weight is 440 g/mol. The van der Waals surface area contributed by atoms with Crippen LogP contribution in [-0.4, -0.2) is 48.2 Å². The molecule has 0 atom stereocenters. The molecule has 2 aromatic rings. The molecule has 0 saturated carbocycles. The van der Waals surface area contributed by atoms with Gasteiger partial charge in [-0.2, -0.15) is 13.2 Å². The molecule has 1 amide bonds. The van der Waals surface area contributed by atoms with Crippen LogP contribution in [0.3, 0.4) is 0 Å². The number of thioether (sulfide) groups is 1. The molecule has 0 radical (unpaired) electrons. The molecule has 1 aliphatic heterocycles. The fourth-order valence-electron chi connectivity index (χ4n) is 2.82. The van der Waals surface area contributed by atoms with Gasteiger partial charge in [0.15, 0.2) is 10.9 Å². The van der Waals surface area contributed by atoms with Gasteiger partial charge < -0.3 is 15.0 Å². The number of alkyl halides is 3. The van der Waals surface area contributed by atoms with E-state index in [0.717, 1.165) is 23.4 Å². The van der Waals surface area contributed by atoms with Crippen LogP contribution in [0.4, 0.5) is 19.0 Å². The number of amides is 1. The highest BCUT2D eigenvalue weighted by atomic mass is 32.2. The maximum Gasteiger partial charge on any atom is 0.433 e. The van der Waals surface area contributed by atoms with Gasteiger partial charge in [-0.15, -0.1) is 0 Å². The number of morpholine rings is 1. The van der Waals surface area contributed by atoms with Crippen LogP contribution in [0, 0.1) is 0 Å². The number of nitrogens with one attached hydrogen (secondary N) is 1. The lowest BCUT2D eigenvalue weighted by atomic mass is 10.1. The highest BCUT2D eigenvalue weighted by molar-refractivity contribution is 7.98. The van der Waals surface area contributed by atoms with Crippen LogP contribution in [0.2, 0.25) is 0 Å². The zero-order chi connectivity index (χ0) is 21.7. The van der Waals surface area contributed by atoms with Crippen LogP contribution in [0.1, 0.15) is 35.5 Å². The quantitative estimate of drug-likeness (QED) is 0.545. The van der Waals surface area contributed by atoms with Crippen molar-refractivity contribution in [2.45, 2.75) is 37.0 Å². The Hall–Kier alpha value is -2.33. The smallest absolute Gasteiger partial charge is 0.378 e. The molecule has 0 aliphatic carbocycles. The number of rotatable bonds is 6. The van der Waals surface area contributed by atoms with Crippen molar-refractivity contribution in [1.82, 2.24) is 15.3 Å². The lowest BCUT2D eigenvalue weighted by Gasteiger charge is -2.28. The van der Waals surface area contributed by atoms with Gasteiger partial charge in [0.1, 0.15) is 5.82 Å². The van der Waals surface area contributed by atoms with Gasteiger partial charge in [0.25, 0.3) is 5.91 Å². The van der Waals surface area contributed by atoms with E-state index in [0.29, 0.717) is 37.6 Å². The molecule has 2 heterocycles. The van der Waals surface area contributed by atoms with Crippen LogP contribution in [0.25, 0.3) is 0 Å². The van der Waals surface area contributed by atoms with Crippen molar-refractivity contribution in [3.63, 3.8) is 0 Å². The number of nitrogens with zero attached hydrogens (tertiary/aromatic N) is 3. The molecule has 162 valence electrons. The van der Waals surface area contributed by atoms with Gasteiger partial charge in [0.05, 0.1) is 13.2 Å². The van der Waals surface area contributed by atoms with Crippen LogP contribution in [0.15, 0.2) is 35.5 Å². The zero-order valence-corrected chi connectivity index (χ0v) is 17.5. The summed E-state index contributed by atoms with van der Waals surface area (Å²) in [4.78, 5) is 21.8. The van der Waals surface area contributed by atoms with E-state index in [-0.39, 0.29) is 22.9 Å². The summed E-state index contributed by atoms with van der Waals surface area (Å²) in [7, 11) is 0. The van der Waals surface area contributed by atoms with Crippen molar-refractivity contribution in [3.05, 3.63) is 47.2 Å². The van der Waals surface area contributed by atoms with E-state index >= 15 is 0 Å². The monoisotopic (exact) mass is 440 g/mol. The molecule has 1 aliphatic rings. The first-order valence-corrected chi connectivity index (χ1v) is 10.5. The number of benzene rings is 1. The number of anilines is 1. The summed E-state index contributed by atoms with van der Waals surface area (Å²) in [6.45, 7) is 5.62. The number of halogens is 3.